The Labute approximate surface area is 256 Å². The molecule has 9 aromatic rings. The number of rotatable bonds is 3. The lowest BCUT2D eigenvalue weighted by Crippen LogP contribution is -1.91. The Balaban J connectivity index is 1.35. The van der Waals surface area contributed by atoms with Crippen molar-refractivity contribution in [2.24, 2.45) is 0 Å². The van der Waals surface area contributed by atoms with Gasteiger partial charge in [-0.2, -0.15) is 0 Å². The molecule has 0 aliphatic carbocycles. The third kappa shape index (κ3) is 3.85. The van der Waals surface area contributed by atoms with E-state index in [0.29, 0.717) is 0 Å². The SMILES string of the molecule is c1ccc(-c2cc3cc(-c4ccc(-c5ccc6ccccc6c5)c5ccccc45)c4ccccc4c3c3ccccc23)cc1. The molecule has 0 saturated heterocycles. The lowest BCUT2D eigenvalue weighted by molar-refractivity contribution is 1.66. The molecule has 0 amide bonds. The number of fused-ring (bicyclic) bond motifs is 7. The maximum absolute atomic E-state index is 2.42. The molecule has 0 aliphatic heterocycles. The highest BCUT2D eigenvalue weighted by Gasteiger charge is 2.17. The fourth-order valence-corrected chi connectivity index (χ4v) is 7.20. The highest BCUT2D eigenvalue weighted by atomic mass is 14.2. The van der Waals surface area contributed by atoms with Crippen LogP contribution in [0.5, 0.6) is 0 Å². The summed E-state index contributed by atoms with van der Waals surface area (Å²) in [5.41, 5.74) is 7.55. The molecule has 0 fully saturated rings. The maximum atomic E-state index is 2.42. The Kier molecular flexibility index (Phi) is 5.61. The van der Waals surface area contributed by atoms with Crippen LogP contribution in [0, 0.1) is 0 Å². The molecule has 0 saturated carbocycles. The van der Waals surface area contributed by atoms with Gasteiger partial charge in [0.15, 0.2) is 0 Å². The maximum Gasteiger partial charge on any atom is -0.00259 e. The summed E-state index contributed by atoms with van der Waals surface area (Å²) in [6.45, 7) is 0. The molecule has 0 heteroatoms. The summed E-state index contributed by atoms with van der Waals surface area (Å²) in [4.78, 5) is 0. The zero-order valence-electron chi connectivity index (χ0n) is 24.2. The van der Waals surface area contributed by atoms with Crippen molar-refractivity contribution in [3.63, 3.8) is 0 Å². The van der Waals surface area contributed by atoms with E-state index < -0.39 is 0 Å². The van der Waals surface area contributed by atoms with Crippen LogP contribution in [0.2, 0.25) is 0 Å². The quantitative estimate of drug-likeness (QED) is 0.190. The standard InChI is InChI=1S/C44H28/c1-2-13-30(14-3-1)42-27-33-28-43(38-19-9-11-21-41(38)44(33)40-20-10-8-18-37(40)42)39-25-24-34(35-16-6-7-17-36(35)39)32-23-22-29-12-4-5-15-31(29)26-32/h1-28H. The number of hydrogen-bond acceptors (Lipinski definition) is 0. The van der Waals surface area contributed by atoms with E-state index >= 15 is 0 Å². The van der Waals surface area contributed by atoms with Gasteiger partial charge in [-0.05, 0) is 105 Å². The van der Waals surface area contributed by atoms with Gasteiger partial charge in [-0.1, -0.05) is 152 Å². The molecule has 9 aromatic carbocycles. The molecule has 0 heterocycles. The second-order valence-electron chi connectivity index (χ2n) is 11.7. The molecule has 0 unspecified atom stereocenters. The Morgan fingerprint density at radius 3 is 1.43 bits per heavy atom. The fourth-order valence-electron chi connectivity index (χ4n) is 7.20. The van der Waals surface area contributed by atoms with Crippen LogP contribution in [0.1, 0.15) is 0 Å². The van der Waals surface area contributed by atoms with Crippen LogP contribution in [0.4, 0.5) is 0 Å². The van der Waals surface area contributed by atoms with Gasteiger partial charge in [0, 0.05) is 0 Å². The van der Waals surface area contributed by atoms with E-state index in [4.69, 9.17) is 0 Å². The fraction of sp³-hybridized carbons (Fsp3) is 0. The first-order valence-corrected chi connectivity index (χ1v) is 15.3. The third-order valence-corrected chi connectivity index (χ3v) is 9.22. The zero-order chi connectivity index (χ0) is 29.0. The minimum absolute atomic E-state index is 1.24. The van der Waals surface area contributed by atoms with Crippen LogP contribution in [0.15, 0.2) is 170 Å². The van der Waals surface area contributed by atoms with E-state index in [2.05, 4.69) is 170 Å². The van der Waals surface area contributed by atoms with Crippen molar-refractivity contribution in [3.05, 3.63) is 170 Å². The molecule has 0 nitrogen and oxygen atoms in total. The normalized spacial score (nSPS) is 11.6. The Morgan fingerprint density at radius 1 is 0.227 bits per heavy atom. The van der Waals surface area contributed by atoms with Gasteiger partial charge in [0.25, 0.3) is 0 Å². The summed E-state index contributed by atoms with van der Waals surface area (Å²) in [6, 6.07) is 62.3. The summed E-state index contributed by atoms with van der Waals surface area (Å²) >= 11 is 0. The monoisotopic (exact) mass is 556 g/mol. The van der Waals surface area contributed by atoms with Crippen molar-refractivity contribution in [3.8, 4) is 33.4 Å². The van der Waals surface area contributed by atoms with Crippen molar-refractivity contribution >= 4 is 53.9 Å². The number of benzene rings is 9. The van der Waals surface area contributed by atoms with E-state index in [9.17, 15) is 0 Å². The molecular weight excluding hydrogens is 528 g/mol. The number of hydrogen-bond donors (Lipinski definition) is 0. The van der Waals surface area contributed by atoms with Crippen molar-refractivity contribution in [2.45, 2.75) is 0 Å². The van der Waals surface area contributed by atoms with Crippen molar-refractivity contribution in [1.29, 1.82) is 0 Å². The van der Waals surface area contributed by atoms with Gasteiger partial charge in [0.2, 0.25) is 0 Å². The van der Waals surface area contributed by atoms with Gasteiger partial charge in [-0.3, -0.25) is 0 Å². The van der Waals surface area contributed by atoms with Gasteiger partial charge < -0.3 is 0 Å². The molecule has 0 aromatic heterocycles. The highest BCUT2D eigenvalue weighted by Crippen LogP contribution is 2.44. The topological polar surface area (TPSA) is 0 Å². The smallest absolute Gasteiger partial charge is 0.00259 e. The first-order valence-electron chi connectivity index (χ1n) is 15.3. The van der Waals surface area contributed by atoms with Gasteiger partial charge in [-0.25, -0.2) is 0 Å². The lowest BCUT2D eigenvalue weighted by atomic mass is 9.85. The van der Waals surface area contributed by atoms with E-state index in [0.717, 1.165) is 0 Å². The summed E-state index contributed by atoms with van der Waals surface area (Å²) in [5.74, 6) is 0. The molecule has 0 atom stereocenters. The first kappa shape index (κ1) is 24.8. The first-order chi connectivity index (χ1) is 21.8. The van der Waals surface area contributed by atoms with Gasteiger partial charge >= 0.3 is 0 Å². The molecule has 0 radical (unpaired) electrons. The van der Waals surface area contributed by atoms with Crippen LogP contribution in [0.3, 0.4) is 0 Å². The summed E-state index contributed by atoms with van der Waals surface area (Å²) in [5, 5.41) is 12.8. The van der Waals surface area contributed by atoms with Gasteiger partial charge in [0.1, 0.15) is 0 Å². The highest BCUT2D eigenvalue weighted by molar-refractivity contribution is 6.26. The van der Waals surface area contributed by atoms with Crippen LogP contribution in [-0.4, -0.2) is 0 Å². The lowest BCUT2D eigenvalue weighted by Gasteiger charge is -2.18. The van der Waals surface area contributed by atoms with E-state index in [1.807, 2.05) is 0 Å². The molecule has 204 valence electrons. The van der Waals surface area contributed by atoms with Gasteiger partial charge in [-0.15, -0.1) is 0 Å². The Hall–Kier alpha value is -5.72. The minimum atomic E-state index is 1.24. The van der Waals surface area contributed by atoms with Crippen LogP contribution in [0.25, 0.3) is 87.2 Å². The van der Waals surface area contributed by atoms with Crippen molar-refractivity contribution in [1.82, 2.24) is 0 Å². The second kappa shape index (κ2) is 9.93. The molecule has 0 spiro atoms. The average Bonchev–Trinajstić information content (AvgIpc) is 3.10. The summed E-state index contributed by atoms with van der Waals surface area (Å²) in [7, 11) is 0. The zero-order valence-corrected chi connectivity index (χ0v) is 24.2. The minimum Gasteiger partial charge on any atom is -0.0622 e. The molecular formula is C44H28. The second-order valence-corrected chi connectivity index (χ2v) is 11.7. The van der Waals surface area contributed by atoms with Crippen LogP contribution >= 0.6 is 0 Å². The van der Waals surface area contributed by atoms with Crippen molar-refractivity contribution in [2.75, 3.05) is 0 Å². The average molecular weight is 557 g/mol. The van der Waals surface area contributed by atoms with Crippen molar-refractivity contribution < 1.29 is 0 Å². The van der Waals surface area contributed by atoms with E-state index in [1.165, 1.54) is 87.2 Å². The van der Waals surface area contributed by atoms with E-state index in [-0.39, 0.29) is 0 Å². The Morgan fingerprint density at radius 2 is 0.727 bits per heavy atom. The van der Waals surface area contributed by atoms with Gasteiger partial charge in [0.05, 0.1) is 0 Å². The summed E-state index contributed by atoms with van der Waals surface area (Å²) in [6.07, 6.45) is 0. The predicted octanol–water partition coefficient (Wildman–Crippen LogP) is 12.5. The summed E-state index contributed by atoms with van der Waals surface area (Å²) < 4.78 is 0. The molecule has 44 heavy (non-hydrogen) atoms. The predicted molar refractivity (Wildman–Crippen MR) is 190 cm³/mol. The van der Waals surface area contributed by atoms with Crippen LogP contribution in [-0.2, 0) is 0 Å². The molecule has 9 rings (SSSR count). The molecule has 0 bridgehead atoms. The van der Waals surface area contributed by atoms with Crippen LogP contribution < -0.4 is 0 Å². The molecule has 0 aliphatic rings. The van der Waals surface area contributed by atoms with E-state index in [1.54, 1.807) is 0 Å². The Bertz CT molecular complexity index is 2540. The molecule has 0 N–H and O–H groups in total. The largest absolute Gasteiger partial charge is 0.0622 e. The third-order valence-electron chi connectivity index (χ3n) is 9.22.